The summed E-state index contributed by atoms with van der Waals surface area (Å²) >= 11 is 1.40. The van der Waals surface area contributed by atoms with E-state index in [2.05, 4.69) is 10.3 Å². The number of rotatable bonds is 6. The number of hydrogen-bond donors (Lipinski definition) is 1. The van der Waals surface area contributed by atoms with Crippen LogP contribution in [0.2, 0.25) is 0 Å². The van der Waals surface area contributed by atoms with E-state index in [1.54, 1.807) is 19.4 Å². The molecule has 1 aromatic carbocycles. The summed E-state index contributed by atoms with van der Waals surface area (Å²) in [6, 6.07) is 13.3. The Labute approximate surface area is 189 Å². The molecule has 4 heterocycles. The molecule has 7 nitrogen and oxygen atoms in total. The number of benzene rings is 1. The molecule has 2 amide bonds. The first kappa shape index (κ1) is 20.7. The van der Waals surface area contributed by atoms with Crippen molar-refractivity contribution in [2.75, 3.05) is 33.4 Å². The number of nitrogens with zero attached hydrogens (tertiary/aromatic N) is 2. The zero-order valence-corrected chi connectivity index (χ0v) is 18.5. The van der Waals surface area contributed by atoms with Crippen LogP contribution in [-0.2, 0) is 4.74 Å². The van der Waals surface area contributed by atoms with Crippen LogP contribution < -0.4 is 5.32 Å². The minimum absolute atomic E-state index is 0.0597. The standard InChI is InChI=1S/C24H23N3O4S/c1-30-12-10-25-22(28)21-20(17-6-4-9-26-23(17)32-21)16-8-11-27(14-16)24(29)19-13-15-5-2-3-7-18(15)31-19/h2-7,9,13,16H,8,10-12,14H2,1H3,(H,25,28)/t16-/m1/s1. The number of carbonyl (C=O) groups is 2. The third-order valence-electron chi connectivity index (χ3n) is 5.82. The highest BCUT2D eigenvalue weighted by Crippen LogP contribution is 2.39. The number of ether oxygens (including phenoxy) is 1. The minimum Gasteiger partial charge on any atom is -0.451 e. The Morgan fingerprint density at radius 2 is 2.16 bits per heavy atom. The van der Waals surface area contributed by atoms with Crippen molar-refractivity contribution >= 4 is 44.3 Å². The summed E-state index contributed by atoms with van der Waals surface area (Å²) in [7, 11) is 1.60. The number of fused-ring (bicyclic) bond motifs is 2. The van der Waals surface area contributed by atoms with Crippen molar-refractivity contribution in [3.05, 3.63) is 64.9 Å². The minimum atomic E-state index is -0.123. The van der Waals surface area contributed by atoms with Gasteiger partial charge < -0.3 is 19.4 Å². The van der Waals surface area contributed by atoms with Gasteiger partial charge in [0.1, 0.15) is 10.4 Å². The first-order valence-electron chi connectivity index (χ1n) is 10.6. The third kappa shape index (κ3) is 3.76. The van der Waals surface area contributed by atoms with Crippen molar-refractivity contribution in [3.63, 3.8) is 0 Å². The van der Waals surface area contributed by atoms with Crippen LogP contribution in [0.3, 0.4) is 0 Å². The lowest BCUT2D eigenvalue weighted by Crippen LogP contribution is -2.29. The summed E-state index contributed by atoms with van der Waals surface area (Å²) < 4.78 is 10.8. The van der Waals surface area contributed by atoms with Gasteiger partial charge in [-0.1, -0.05) is 24.3 Å². The predicted molar refractivity (Wildman–Crippen MR) is 123 cm³/mol. The molecule has 1 saturated heterocycles. The van der Waals surface area contributed by atoms with E-state index < -0.39 is 0 Å². The molecule has 0 unspecified atom stereocenters. The molecule has 0 radical (unpaired) electrons. The zero-order chi connectivity index (χ0) is 22.1. The van der Waals surface area contributed by atoms with E-state index in [-0.39, 0.29) is 17.7 Å². The lowest BCUT2D eigenvalue weighted by Gasteiger charge is -2.16. The molecule has 0 spiro atoms. The molecule has 1 N–H and O–H groups in total. The van der Waals surface area contributed by atoms with Crippen molar-refractivity contribution in [3.8, 4) is 0 Å². The highest BCUT2D eigenvalue weighted by molar-refractivity contribution is 7.20. The van der Waals surface area contributed by atoms with Gasteiger partial charge in [-0.2, -0.15) is 0 Å². The number of likely N-dealkylation sites (tertiary alicyclic amines) is 1. The van der Waals surface area contributed by atoms with Crippen LogP contribution in [0, 0.1) is 0 Å². The molecule has 0 aliphatic carbocycles. The second-order valence-electron chi connectivity index (χ2n) is 7.83. The molecule has 4 aromatic rings. The molecule has 8 heteroatoms. The van der Waals surface area contributed by atoms with Crippen molar-refractivity contribution in [1.29, 1.82) is 0 Å². The Bertz CT molecular complexity index is 1260. The fourth-order valence-electron chi connectivity index (χ4n) is 4.30. The number of pyridine rings is 1. The van der Waals surface area contributed by atoms with Gasteiger partial charge in [0.25, 0.3) is 11.8 Å². The van der Waals surface area contributed by atoms with Crippen LogP contribution in [0.4, 0.5) is 0 Å². The molecular weight excluding hydrogens is 426 g/mol. The van der Waals surface area contributed by atoms with Crippen molar-refractivity contribution < 1.29 is 18.7 Å². The summed E-state index contributed by atoms with van der Waals surface area (Å²) in [6.45, 7) is 2.04. The smallest absolute Gasteiger partial charge is 0.289 e. The van der Waals surface area contributed by atoms with Crippen LogP contribution in [0.5, 0.6) is 0 Å². The Hall–Kier alpha value is -3.23. The van der Waals surface area contributed by atoms with Gasteiger partial charge in [0.15, 0.2) is 5.76 Å². The van der Waals surface area contributed by atoms with Crippen molar-refractivity contribution in [1.82, 2.24) is 15.2 Å². The quantitative estimate of drug-likeness (QED) is 0.449. The van der Waals surface area contributed by atoms with E-state index >= 15 is 0 Å². The largest absolute Gasteiger partial charge is 0.451 e. The average molecular weight is 450 g/mol. The van der Waals surface area contributed by atoms with E-state index in [9.17, 15) is 9.59 Å². The Morgan fingerprint density at radius 3 is 3.00 bits per heavy atom. The fraction of sp³-hybridized carbons (Fsp3) is 0.292. The highest BCUT2D eigenvalue weighted by Gasteiger charge is 2.34. The number of furan rings is 1. The number of thiophene rings is 1. The SMILES string of the molecule is COCCNC(=O)c1sc2ncccc2c1[C@@H]1CCN(C(=O)c2cc3ccccc3o2)C1. The van der Waals surface area contributed by atoms with Gasteiger partial charge in [-0.25, -0.2) is 4.98 Å². The Balaban J connectivity index is 1.41. The first-order valence-corrected chi connectivity index (χ1v) is 11.4. The number of methoxy groups -OCH3 is 1. The maximum Gasteiger partial charge on any atom is 0.289 e. The normalized spacial score (nSPS) is 16.2. The summed E-state index contributed by atoms with van der Waals surface area (Å²) in [5.41, 5.74) is 1.68. The van der Waals surface area contributed by atoms with Crippen LogP contribution >= 0.6 is 11.3 Å². The summed E-state index contributed by atoms with van der Waals surface area (Å²) in [4.78, 5) is 33.8. The molecule has 5 rings (SSSR count). The number of hydrogen-bond acceptors (Lipinski definition) is 6. The zero-order valence-electron chi connectivity index (χ0n) is 17.7. The van der Waals surface area contributed by atoms with E-state index in [0.717, 1.165) is 27.6 Å². The lowest BCUT2D eigenvalue weighted by molar-refractivity contribution is 0.0761. The van der Waals surface area contributed by atoms with Gasteiger partial charge in [-0.15, -0.1) is 11.3 Å². The molecule has 1 aliphatic rings. The average Bonchev–Trinajstić information content (AvgIpc) is 3.54. The number of aromatic nitrogens is 1. The van der Waals surface area contributed by atoms with Crippen LogP contribution in [0.1, 0.15) is 38.1 Å². The summed E-state index contributed by atoms with van der Waals surface area (Å²) in [5.74, 6) is 0.167. The van der Waals surface area contributed by atoms with E-state index in [4.69, 9.17) is 9.15 Å². The Kier molecular flexibility index (Phi) is 5.63. The monoisotopic (exact) mass is 449 g/mol. The molecule has 0 saturated carbocycles. The topological polar surface area (TPSA) is 84.7 Å². The van der Waals surface area contributed by atoms with Gasteiger partial charge in [-0.3, -0.25) is 9.59 Å². The predicted octanol–water partition coefficient (Wildman–Crippen LogP) is 4.05. The van der Waals surface area contributed by atoms with Crippen LogP contribution in [-0.4, -0.2) is 55.0 Å². The maximum atomic E-state index is 13.1. The van der Waals surface area contributed by atoms with Gasteiger partial charge in [0.05, 0.1) is 11.5 Å². The summed E-state index contributed by atoms with van der Waals surface area (Å²) in [6.07, 6.45) is 2.52. The van der Waals surface area contributed by atoms with E-state index in [1.165, 1.54) is 11.3 Å². The van der Waals surface area contributed by atoms with Crippen LogP contribution in [0.15, 0.2) is 53.1 Å². The van der Waals surface area contributed by atoms with Crippen molar-refractivity contribution in [2.45, 2.75) is 12.3 Å². The molecule has 164 valence electrons. The number of para-hydroxylation sites is 1. The number of carbonyl (C=O) groups excluding carboxylic acids is 2. The molecule has 3 aromatic heterocycles. The first-order chi connectivity index (χ1) is 15.7. The van der Waals surface area contributed by atoms with Gasteiger partial charge in [0, 0.05) is 49.6 Å². The van der Waals surface area contributed by atoms with E-state index in [0.29, 0.717) is 42.5 Å². The molecule has 0 bridgehead atoms. The molecule has 32 heavy (non-hydrogen) atoms. The second-order valence-corrected chi connectivity index (χ2v) is 8.83. The van der Waals surface area contributed by atoms with Gasteiger partial charge in [-0.05, 0) is 30.2 Å². The van der Waals surface area contributed by atoms with Crippen molar-refractivity contribution in [2.24, 2.45) is 0 Å². The third-order valence-corrected chi connectivity index (χ3v) is 6.95. The Morgan fingerprint density at radius 1 is 1.28 bits per heavy atom. The number of amides is 2. The van der Waals surface area contributed by atoms with E-state index in [1.807, 2.05) is 41.3 Å². The summed E-state index contributed by atoms with van der Waals surface area (Å²) in [5, 5.41) is 4.82. The molecule has 1 fully saturated rings. The van der Waals surface area contributed by atoms with Gasteiger partial charge in [0.2, 0.25) is 0 Å². The molecule has 1 aliphatic heterocycles. The molecule has 1 atom stereocenters. The second kappa shape index (κ2) is 8.72. The van der Waals surface area contributed by atoms with Gasteiger partial charge >= 0.3 is 0 Å². The van der Waals surface area contributed by atoms with Crippen LogP contribution in [0.25, 0.3) is 21.2 Å². The molecular formula is C24H23N3O4S. The lowest BCUT2D eigenvalue weighted by atomic mass is 9.95. The fourth-order valence-corrected chi connectivity index (χ4v) is 5.44. The maximum absolute atomic E-state index is 13.1. The number of nitrogens with one attached hydrogen (secondary N) is 1. The highest BCUT2D eigenvalue weighted by atomic mass is 32.1.